The lowest BCUT2D eigenvalue weighted by atomic mass is 9.98. The second-order valence-corrected chi connectivity index (χ2v) is 6.42. The van der Waals surface area contributed by atoms with Gasteiger partial charge in [0.2, 0.25) is 0 Å². The highest BCUT2D eigenvalue weighted by atomic mass is 16.5. The van der Waals surface area contributed by atoms with Gasteiger partial charge in [0, 0.05) is 40.3 Å². The number of nitrogens with zero attached hydrogens (tertiary/aromatic N) is 3. The Balaban J connectivity index is 2.03. The quantitative estimate of drug-likeness (QED) is 0.525. The van der Waals surface area contributed by atoms with Crippen LogP contribution in [-0.4, -0.2) is 16.7 Å². The maximum absolute atomic E-state index is 13.4. The van der Waals surface area contributed by atoms with E-state index in [2.05, 4.69) is 11.1 Å². The van der Waals surface area contributed by atoms with Crippen LogP contribution in [0.25, 0.3) is 27.9 Å². The largest absolute Gasteiger partial charge is 0.495 e. The van der Waals surface area contributed by atoms with Gasteiger partial charge >= 0.3 is 0 Å². The number of benzene rings is 2. The monoisotopic (exact) mass is 379 g/mol. The smallest absolute Gasteiger partial charge is 0.263 e. The van der Waals surface area contributed by atoms with E-state index >= 15 is 0 Å². The lowest BCUT2D eigenvalue weighted by molar-refractivity contribution is 0.413. The molecular formula is C24H17N3O2. The van der Waals surface area contributed by atoms with Crippen molar-refractivity contribution in [3.8, 4) is 39.8 Å². The van der Waals surface area contributed by atoms with Crippen LogP contribution in [0.2, 0.25) is 0 Å². The molecule has 4 aromatic rings. The van der Waals surface area contributed by atoms with Crippen molar-refractivity contribution in [3.63, 3.8) is 0 Å². The highest BCUT2D eigenvalue weighted by Gasteiger charge is 2.14. The molecule has 0 aliphatic heterocycles. The third kappa shape index (κ3) is 3.52. The summed E-state index contributed by atoms with van der Waals surface area (Å²) in [5.74, 6) is 0.624. The molecule has 0 saturated heterocycles. The molecule has 0 saturated carbocycles. The SMILES string of the molecule is COc1cncc(-c2cc(-c3ccccc3C#N)c(=O)n(-c3ccccc3)c2)c1. The first-order valence-corrected chi connectivity index (χ1v) is 9.02. The zero-order chi connectivity index (χ0) is 20.2. The Morgan fingerprint density at radius 3 is 2.45 bits per heavy atom. The Hall–Kier alpha value is -4.17. The standard InChI is InChI=1S/C24H17N3O2/c1-29-21-11-18(14-26-15-21)19-12-23(22-10-6-5-7-17(22)13-25)24(28)27(16-19)20-8-3-2-4-9-20/h2-12,14-16H,1H3. The van der Waals surface area contributed by atoms with Crippen molar-refractivity contribution in [1.82, 2.24) is 9.55 Å². The summed E-state index contributed by atoms with van der Waals surface area (Å²) in [6, 6.07) is 22.3. The van der Waals surface area contributed by atoms with Crippen LogP contribution in [0.15, 0.2) is 90.1 Å². The summed E-state index contributed by atoms with van der Waals surface area (Å²) >= 11 is 0. The van der Waals surface area contributed by atoms with Crippen molar-refractivity contribution in [2.24, 2.45) is 0 Å². The van der Waals surface area contributed by atoms with Crippen LogP contribution in [0.5, 0.6) is 5.75 Å². The van der Waals surface area contributed by atoms with Gasteiger partial charge in [-0.3, -0.25) is 14.3 Å². The fraction of sp³-hybridized carbons (Fsp3) is 0.0417. The normalized spacial score (nSPS) is 10.3. The number of methoxy groups -OCH3 is 1. The highest BCUT2D eigenvalue weighted by molar-refractivity contribution is 5.76. The molecule has 2 aromatic carbocycles. The second kappa shape index (κ2) is 7.83. The number of pyridine rings is 2. The molecule has 4 rings (SSSR count). The van der Waals surface area contributed by atoms with Crippen molar-refractivity contribution in [3.05, 3.63) is 101 Å². The van der Waals surface area contributed by atoms with E-state index in [-0.39, 0.29) is 5.56 Å². The zero-order valence-electron chi connectivity index (χ0n) is 15.7. The van der Waals surface area contributed by atoms with E-state index < -0.39 is 0 Å². The van der Waals surface area contributed by atoms with Crippen molar-refractivity contribution in [1.29, 1.82) is 5.26 Å². The summed E-state index contributed by atoms with van der Waals surface area (Å²) in [6.45, 7) is 0. The van der Waals surface area contributed by atoms with Gasteiger partial charge in [0.25, 0.3) is 5.56 Å². The van der Waals surface area contributed by atoms with E-state index in [4.69, 9.17) is 4.74 Å². The van der Waals surface area contributed by atoms with Gasteiger partial charge < -0.3 is 4.74 Å². The lowest BCUT2D eigenvalue weighted by Gasteiger charge is -2.13. The Kier molecular flexibility index (Phi) is 4.91. The number of nitriles is 1. The molecule has 2 aromatic heterocycles. The minimum Gasteiger partial charge on any atom is -0.495 e. The van der Waals surface area contributed by atoms with Gasteiger partial charge in [-0.05, 0) is 30.3 Å². The first kappa shape index (κ1) is 18.2. The Labute approximate surface area is 168 Å². The molecule has 5 heteroatoms. The molecular weight excluding hydrogens is 362 g/mol. The average molecular weight is 379 g/mol. The predicted octanol–water partition coefficient (Wildman–Crippen LogP) is 4.45. The summed E-state index contributed by atoms with van der Waals surface area (Å²) in [7, 11) is 1.58. The van der Waals surface area contributed by atoms with Crippen LogP contribution in [0.1, 0.15) is 5.56 Å². The Morgan fingerprint density at radius 1 is 0.931 bits per heavy atom. The summed E-state index contributed by atoms with van der Waals surface area (Å²) in [5.41, 5.74) is 3.65. The number of aromatic nitrogens is 2. The number of para-hydroxylation sites is 1. The van der Waals surface area contributed by atoms with Gasteiger partial charge in [-0.2, -0.15) is 5.26 Å². The molecule has 0 aliphatic carbocycles. The summed E-state index contributed by atoms with van der Waals surface area (Å²) < 4.78 is 6.89. The third-order valence-corrected chi connectivity index (χ3v) is 4.67. The van der Waals surface area contributed by atoms with Crippen molar-refractivity contribution >= 4 is 0 Å². The molecule has 0 N–H and O–H groups in total. The maximum Gasteiger partial charge on any atom is 0.263 e. The van der Waals surface area contributed by atoms with Gasteiger partial charge in [0.15, 0.2) is 0 Å². The minimum absolute atomic E-state index is 0.196. The lowest BCUT2D eigenvalue weighted by Crippen LogP contribution is -2.20. The molecule has 0 atom stereocenters. The van der Waals surface area contributed by atoms with Gasteiger partial charge in [-0.1, -0.05) is 36.4 Å². The van der Waals surface area contributed by atoms with E-state index in [0.717, 1.165) is 16.8 Å². The van der Waals surface area contributed by atoms with Gasteiger partial charge in [0.1, 0.15) is 5.75 Å². The predicted molar refractivity (Wildman–Crippen MR) is 112 cm³/mol. The van der Waals surface area contributed by atoms with Crippen LogP contribution >= 0.6 is 0 Å². The molecule has 5 nitrogen and oxygen atoms in total. The number of hydrogen-bond donors (Lipinski definition) is 0. The van der Waals surface area contributed by atoms with Crippen LogP contribution in [0, 0.1) is 11.3 Å². The average Bonchev–Trinajstić information content (AvgIpc) is 2.80. The summed E-state index contributed by atoms with van der Waals surface area (Å²) in [6.07, 6.45) is 5.13. The fourth-order valence-corrected chi connectivity index (χ4v) is 3.22. The molecule has 0 aliphatic rings. The van der Waals surface area contributed by atoms with E-state index in [1.54, 1.807) is 54.5 Å². The molecule has 0 spiro atoms. The Bertz CT molecular complexity index is 1270. The molecule has 0 bridgehead atoms. The molecule has 0 unspecified atom stereocenters. The molecule has 0 radical (unpaired) electrons. The summed E-state index contributed by atoms with van der Waals surface area (Å²) in [5, 5.41) is 9.53. The van der Waals surface area contributed by atoms with E-state index in [9.17, 15) is 10.1 Å². The van der Waals surface area contributed by atoms with Crippen molar-refractivity contribution in [2.45, 2.75) is 0 Å². The molecule has 2 heterocycles. The molecule has 29 heavy (non-hydrogen) atoms. The molecule has 0 fully saturated rings. The van der Waals surface area contributed by atoms with Crippen LogP contribution < -0.4 is 10.3 Å². The van der Waals surface area contributed by atoms with Crippen LogP contribution in [0.4, 0.5) is 0 Å². The van der Waals surface area contributed by atoms with E-state index in [1.807, 2.05) is 42.5 Å². The number of rotatable bonds is 4. The number of hydrogen-bond acceptors (Lipinski definition) is 4. The van der Waals surface area contributed by atoms with E-state index in [1.165, 1.54) is 0 Å². The second-order valence-electron chi connectivity index (χ2n) is 6.42. The zero-order valence-corrected chi connectivity index (χ0v) is 15.7. The fourth-order valence-electron chi connectivity index (χ4n) is 3.22. The Morgan fingerprint density at radius 2 is 1.69 bits per heavy atom. The third-order valence-electron chi connectivity index (χ3n) is 4.67. The van der Waals surface area contributed by atoms with Gasteiger partial charge in [-0.15, -0.1) is 0 Å². The first-order chi connectivity index (χ1) is 14.2. The maximum atomic E-state index is 13.4. The van der Waals surface area contributed by atoms with Gasteiger partial charge in [0.05, 0.1) is 24.9 Å². The topological polar surface area (TPSA) is 67.9 Å². The minimum atomic E-state index is -0.196. The van der Waals surface area contributed by atoms with Gasteiger partial charge in [-0.25, -0.2) is 0 Å². The number of ether oxygens (including phenoxy) is 1. The summed E-state index contributed by atoms with van der Waals surface area (Å²) in [4.78, 5) is 17.6. The molecule has 140 valence electrons. The first-order valence-electron chi connectivity index (χ1n) is 9.02. The van der Waals surface area contributed by atoms with Crippen LogP contribution in [-0.2, 0) is 0 Å². The molecule has 0 amide bonds. The van der Waals surface area contributed by atoms with E-state index in [0.29, 0.717) is 22.4 Å². The highest BCUT2D eigenvalue weighted by Crippen LogP contribution is 2.28. The van der Waals surface area contributed by atoms with Crippen molar-refractivity contribution in [2.75, 3.05) is 7.11 Å². The van der Waals surface area contributed by atoms with Crippen LogP contribution in [0.3, 0.4) is 0 Å². The van der Waals surface area contributed by atoms with Crippen molar-refractivity contribution < 1.29 is 4.74 Å².